The van der Waals surface area contributed by atoms with Gasteiger partial charge in [-0.3, -0.25) is 4.79 Å². The van der Waals surface area contributed by atoms with E-state index in [-0.39, 0.29) is 18.2 Å². The number of hydrogen-bond acceptors (Lipinski definition) is 5. The van der Waals surface area contributed by atoms with E-state index in [9.17, 15) is 9.59 Å². The van der Waals surface area contributed by atoms with E-state index >= 15 is 0 Å². The molecule has 0 radical (unpaired) electrons. The molecule has 0 bridgehead atoms. The Morgan fingerprint density at radius 3 is 2.39 bits per heavy atom. The summed E-state index contributed by atoms with van der Waals surface area (Å²) in [6.45, 7) is 3.57. The van der Waals surface area contributed by atoms with Gasteiger partial charge in [0.2, 0.25) is 0 Å². The van der Waals surface area contributed by atoms with Crippen molar-refractivity contribution >= 4 is 35.2 Å². The topological polar surface area (TPSA) is 64.4 Å². The SMILES string of the molecule is CCOC(=O)c1cc(-c2ccc(Cl)cc2)n(-c2ccc(C(=O)N3CCSCC3)cc2)n1. The molecule has 3 aromatic rings. The van der Waals surface area contributed by atoms with Gasteiger partial charge in [0, 0.05) is 40.7 Å². The third kappa shape index (κ3) is 4.78. The summed E-state index contributed by atoms with van der Waals surface area (Å²) in [5.74, 6) is 1.50. The summed E-state index contributed by atoms with van der Waals surface area (Å²) >= 11 is 7.90. The lowest BCUT2D eigenvalue weighted by Gasteiger charge is -2.26. The number of carbonyl (C=O) groups is 2. The van der Waals surface area contributed by atoms with Crippen LogP contribution in [0.2, 0.25) is 5.02 Å². The summed E-state index contributed by atoms with van der Waals surface area (Å²) in [6.07, 6.45) is 0. The van der Waals surface area contributed by atoms with Gasteiger partial charge in [-0.15, -0.1) is 0 Å². The zero-order valence-corrected chi connectivity index (χ0v) is 18.7. The number of ether oxygens (including phenoxy) is 1. The van der Waals surface area contributed by atoms with Gasteiger partial charge in [0.05, 0.1) is 18.0 Å². The lowest BCUT2D eigenvalue weighted by molar-refractivity contribution is 0.0518. The largest absolute Gasteiger partial charge is 0.461 e. The first-order chi connectivity index (χ1) is 15.1. The molecule has 0 atom stereocenters. The highest BCUT2D eigenvalue weighted by Crippen LogP contribution is 2.26. The first-order valence-corrected chi connectivity index (χ1v) is 11.6. The average Bonchev–Trinajstić information content (AvgIpc) is 3.26. The highest BCUT2D eigenvalue weighted by atomic mass is 35.5. The fourth-order valence-electron chi connectivity index (χ4n) is 3.40. The molecule has 0 aliphatic carbocycles. The molecule has 31 heavy (non-hydrogen) atoms. The van der Waals surface area contributed by atoms with Crippen LogP contribution in [0.5, 0.6) is 0 Å². The Kier molecular flexibility index (Phi) is 6.63. The van der Waals surface area contributed by atoms with E-state index in [1.54, 1.807) is 41.9 Å². The van der Waals surface area contributed by atoms with E-state index in [0.717, 1.165) is 41.5 Å². The minimum Gasteiger partial charge on any atom is -0.461 e. The second-order valence-corrected chi connectivity index (χ2v) is 8.67. The molecule has 1 amide bonds. The molecule has 1 aliphatic rings. The Bertz CT molecular complexity index is 1070. The summed E-state index contributed by atoms with van der Waals surface area (Å²) < 4.78 is 6.80. The Morgan fingerprint density at radius 1 is 1.06 bits per heavy atom. The summed E-state index contributed by atoms with van der Waals surface area (Å²) in [5, 5.41) is 5.10. The maximum absolute atomic E-state index is 12.8. The van der Waals surface area contributed by atoms with Crippen LogP contribution < -0.4 is 0 Å². The molecule has 0 saturated carbocycles. The number of amides is 1. The summed E-state index contributed by atoms with van der Waals surface area (Å²) in [7, 11) is 0. The third-order valence-electron chi connectivity index (χ3n) is 4.99. The van der Waals surface area contributed by atoms with E-state index in [1.165, 1.54) is 0 Å². The van der Waals surface area contributed by atoms with Gasteiger partial charge >= 0.3 is 5.97 Å². The van der Waals surface area contributed by atoms with Crippen LogP contribution in [0.3, 0.4) is 0 Å². The van der Waals surface area contributed by atoms with Gasteiger partial charge in [-0.2, -0.15) is 16.9 Å². The molecule has 1 aliphatic heterocycles. The molecular weight excluding hydrogens is 434 g/mol. The normalized spacial score (nSPS) is 13.8. The number of esters is 1. The molecule has 4 rings (SSSR count). The molecular formula is C23H22ClN3O3S. The van der Waals surface area contributed by atoms with Crippen molar-refractivity contribution in [2.45, 2.75) is 6.92 Å². The zero-order valence-electron chi connectivity index (χ0n) is 17.1. The highest BCUT2D eigenvalue weighted by Gasteiger charge is 2.20. The molecule has 6 nitrogen and oxygen atoms in total. The second-order valence-electron chi connectivity index (χ2n) is 7.01. The van der Waals surface area contributed by atoms with E-state index in [1.807, 2.05) is 40.9 Å². The number of hydrogen-bond donors (Lipinski definition) is 0. The average molecular weight is 456 g/mol. The summed E-state index contributed by atoms with van der Waals surface area (Å²) in [4.78, 5) is 26.9. The van der Waals surface area contributed by atoms with Gasteiger partial charge in [0.25, 0.3) is 5.91 Å². The van der Waals surface area contributed by atoms with Crippen molar-refractivity contribution in [2.75, 3.05) is 31.2 Å². The van der Waals surface area contributed by atoms with Crippen LogP contribution in [0.15, 0.2) is 54.6 Å². The molecule has 2 heterocycles. The van der Waals surface area contributed by atoms with Gasteiger partial charge in [0.1, 0.15) is 0 Å². The quantitative estimate of drug-likeness (QED) is 0.528. The molecule has 1 fully saturated rings. The number of benzene rings is 2. The lowest BCUT2D eigenvalue weighted by atomic mass is 10.1. The van der Waals surface area contributed by atoms with E-state index < -0.39 is 5.97 Å². The number of rotatable bonds is 5. The maximum Gasteiger partial charge on any atom is 0.358 e. The number of thioether (sulfide) groups is 1. The van der Waals surface area contributed by atoms with Crippen molar-refractivity contribution in [3.05, 3.63) is 70.9 Å². The van der Waals surface area contributed by atoms with Gasteiger partial charge in [-0.1, -0.05) is 23.7 Å². The molecule has 0 N–H and O–H groups in total. The van der Waals surface area contributed by atoms with Crippen LogP contribution in [-0.4, -0.2) is 57.8 Å². The second kappa shape index (κ2) is 9.58. The van der Waals surface area contributed by atoms with Crippen LogP contribution in [-0.2, 0) is 4.74 Å². The van der Waals surface area contributed by atoms with Crippen molar-refractivity contribution in [2.24, 2.45) is 0 Å². The number of carbonyl (C=O) groups excluding carboxylic acids is 2. The molecule has 0 spiro atoms. The van der Waals surface area contributed by atoms with Crippen LogP contribution >= 0.6 is 23.4 Å². The molecule has 0 unspecified atom stereocenters. The van der Waals surface area contributed by atoms with Crippen molar-refractivity contribution in [3.8, 4) is 16.9 Å². The van der Waals surface area contributed by atoms with Crippen LogP contribution in [0.25, 0.3) is 16.9 Å². The molecule has 1 aromatic heterocycles. The number of aromatic nitrogens is 2. The van der Waals surface area contributed by atoms with Crippen molar-refractivity contribution in [3.63, 3.8) is 0 Å². The minimum atomic E-state index is -0.480. The van der Waals surface area contributed by atoms with Crippen LogP contribution in [0, 0.1) is 0 Å². The van der Waals surface area contributed by atoms with E-state index in [2.05, 4.69) is 5.10 Å². The lowest BCUT2D eigenvalue weighted by Crippen LogP contribution is -2.37. The van der Waals surface area contributed by atoms with Crippen molar-refractivity contribution < 1.29 is 14.3 Å². The molecule has 160 valence electrons. The Hall–Kier alpha value is -2.77. The fraction of sp³-hybridized carbons (Fsp3) is 0.261. The Balaban J connectivity index is 1.68. The third-order valence-corrected chi connectivity index (χ3v) is 6.19. The predicted octanol–water partition coefficient (Wildman–Crippen LogP) is 4.56. The Labute approximate surface area is 190 Å². The number of halogens is 1. The standard InChI is InChI=1S/C23H22ClN3O3S/c1-2-30-23(29)20-15-21(16-3-7-18(24)8-4-16)27(25-20)19-9-5-17(6-10-19)22(28)26-11-13-31-14-12-26/h3-10,15H,2,11-14H2,1H3. The molecule has 2 aromatic carbocycles. The highest BCUT2D eigenvalue weighted by molar-refractivity contribution is 7.99. The monoisotopic (exact) mass is 455 g/mol. The first-order valence-electron chi connectivity index (χ1n) is 10.1. The molecule has 1 saturated heterocycles. The van der Waals surface area contributed by atoms with Crippen molar-refractivity contribution in [1.82, 2.24) is 14.7 Å². The molecule has 8 heteroatoms. The minimum absolute atomic E-state index is 0.0393. The number of nitrogens with zero attached hydrogens (tertiary/aromatic N) is 3. The van der Waals surface area contributed by atoms with Crippen LogP contribution in [0.4, 0.5) is 0 Å². The van der Waals surface area contributed by atoms with Gasteiger partial charge < -0.3 is 9.64 Å². The van der Waals surface area contributed by atoms with Gasteiger partial charge in [-0.25, -0.2) is 9.48 Å². The predicted molar refractivity (Wildman–Crippen MR) is 123 cm³/mol. The van der Waals surface area contributed by atoms with Gasteiger partial charge in [-0.05, 0) is 49.4 Å². The first kappa shape index (κ1) is 21.5. The maximum atomic E-state index is 12.8. The smallest absolute Gasteiger partial charge is 0.358 e. The van der Waals surface area contributed by atoms with E-state index in [4.69, 9.17) is 16.3 Å². The van der Waals surface area contributed by atoms with Gasteiger partial charge in [0.15, 0.2) is 5.69 Å². The fourth-order valence-corrected chi connectivity index (χ4v) is 4.43. The van der Waals surface area contributed by atoms with Crippen molar-refractivity contribution in [1.29, 1.82) is 0 Å². The summed E-state index contributed by atoms with van der Waals surface area (Å²) in [5.41, 5.74) is 3.19. The van der Waals surface area contributed by atoms with E-state index in [0.29, 0.717) is 10.6 Å². The zero-order chi connectivity index (χ0) is 21.8. The van der Waals surface area contributed by atoms with Crippen LogP contribution in [0.1, 0.15) is 27.8 Å². The summed E-state index contributed by atoms with van der Waals surface area (Å²) in [6, 6.07) is 16.3. The Morgan fingerprint density at radius 2 is 1.74 bits per heavy atom.